The van der Waals surface area contributed by atoms with Crippen LogP contribution in [0.1, 0.15) is 45.6 Å². The van der Waals surface area contributed by atoms with Crippen molar-refractivity contribution in [2.45, 2.75) is 51.1 Å². The van der Waals surface area contributed by atoms with Gasteiger partial charge in [-0.25, -0.2) is 14.8 Å². The molecule has 9 heteroatoms. The predicted molar refractivity (Wildman–Crippen MR) is 165 cm³/mol. The fourth-order valence-corrected chi connectivity index (χ4v) is 6.37. The van der Waals surface area contributed by atoms with Crippen LogP contribution in [0, 0.1) is 0 Å². The summed E-state index contributed by atoms with van der Waals surface area (Å²) in [6.07, 6.45) is 5.15. The van der Waals surface area contributed by atoms with Crippen molar-refractivity contribution in [1.29, 1.82) is 0 Å². The Balaban J connectivity index is 1.42. The number of carboxylic acid groups (broad SMARTS) is 1. The summed E-state index contributed by atoms with van der Waals surface area (Å²) in [5, 5.41) is 19.1. The molecular weight excluding hydrogens is 538 g/mol. The van der Waals surface area contributed by atoms with Gasteiger partial charge in [-0.15, -0.1) is 10.2 Å². The van der Waals surface area contributed by atoms with Gasteiger partial charge < -0.3 is 5.11 Å². The lowest BCUT2D eigenvalue weighted by molar-refractivity contribution is -0.0328. The van der Waals surface area contributed by atoms with Gasteiger partial charge in [0, 0.05) is 34.6 Å². The molecule has 1 saturated carbocycles. The number of aromatic nitrogens is 6. The highest BCUT2D eigenvalue weighted by molar-refractivity contribution is 5.87. The standard InChI is InChI=1S/C34H31N7O2/c1-33(2,3)41(32(42)43)34(18-7-19-34)25-12-10-23(11-13-25)29-28(22-8-5-4-6-9-22)36-26-14-15-27-38-39-30(40(27)31(26)37-29)24-16-20-35-21-17-24/h4-6,8-17,20-21H,7,18-19H2,1-3H3,(H,42,43). The summed E-state index contributed by atoms with van der Waals surface area (Å²) in [6.45, 7) is 5.87. The van der Waals surface area contributed by atoms with E-state index in [4.69, 9.17) is 9.97 Å². The first-order valence-corrected chi connectivity index (χ1v) is 14.4. The Hall–Kier alpha value is -5.18. The third-order valence-corrected chi connectivity index (χ3v) is 8.35. The Morgan fingerprint density at radius 2 is 1.49 bits per heavy atom. The lowest BCUT2D eigenvalue weighted by atomic mass is 9.69. The molecule has 6 aromatic rings. The molecule has 214 valence electrons. The van der Waals surface area contributed by atoms with Crippen molar-refractivity contribution < 1.29 is 9.90 Å². The van der Waals surface area contributed by atoms with Crippen molar-refractivity contribution in [3.05, 3.63) is 96.8 Å². The molecule has 0 bridgehead atoms. The summed E-state index contributed by atoms with van der Waals surface area (Å²) in [4.78, 5) is 28.6. The smallest absolute Gasteiger partial charge is 0.408 e. The molecule has 1 N–H and O–H groups in total. The molecular formula is C34H31N7O2. The minimum atomic E-state index is -0.897. The van der Waals surface area contributed by atoms with E-state index in [0.717, 1.165) is 58.4 Å². The number of fused-ring (bicyclic) bond motifs is 3. The van der Waals surface area contributed by atoms with Crippen molar-refractivity contribution in [2.24, 2.45) is 0 Å². The average molecular weight is 570 g/mol. The highest BCUT2D eigenvalue weighted by Crippen LogP contribution is 2.49. The van der Waals surface area contributed by atoms with E-state index < -0.39 is 17.2 Å². The molecule has 0 saturated heterocycles. The van der Waals surface area contributed by atoms with Gasteiger partial charge in [0.15, 0.2) is 17.1 Å². The Morgan fingerprint density at radius 3 is 2.12 bits per heavy atom. The zero-order valence-electron chi connectivity index (χ0n) is 24.3. The first-order valence-electron chi connectivity index (χ1n) is 14.4. The molecule has 1 aliphatic carbocycles. The number of amides is 1. The molecule has 43 heavy (non-hydrogen) atoms. The normalized spacial score (nSPS) is 14.5. The maximum Gasteiger partial charge on any atom is 0.408 e. The van der Waals surface area contributed by atoms with Gasteiger partial charge in [-0.1, -0.05) is 54.6 Å². The summed E-state index contributed by atoms with van der Waals surface area (Å²) in [7, 11) is 0. The SMILES string of the molecule is CC(C)(C)N(C(=O)O)C1(c2ccc(-c3nc4c(ccc5nnc(-c6ccncc6)n54)nc3-c3ccccc3)cc2)CCC1. The van der Waals surface area contributed by atoms with Crippen LogP contribution in [0.3, 0.4) is 0 Å². The quantitative estimate of drug-likeness (QED) is 0.233. The molecule has 1 amide bonds. The second-order valence-electron chi connectivity index (χ2n) is 12.0. The second kappa shape index (κ2) is 9.97. The van der Waals surface area contributed by atoms with E-state index in [0.29, 0.717) is 17.1 Å². The van der Waals surface area contributed by atoms with Crippen LogP contribution < -0.4 is 0 Å². The van der Waals surface area contributed by atoms with E-state index in [1.54, 1.807) is 17.3 Å². The van der Waals surface area contributed by atoms with Gasteiger partial charge in [-0.3, -0.25) is 14.3 Å². The van der Waals surface area contributed by atoms with Gasteiger partial charge in [-0.2, -0.15) is 0 Å². The maximum atomic E-state index is 12.5. The second-order valence-corrected chi connectivity index (χ2v) is 12.0. The Morgan fingerprint density at radius 1 is 0.814 bits per heavy atom. The summed E-state index contributed by atoms with van der Waals surface area (Å²) < 4.78 is 1.93. The van der Waals surface area contributed by atoms with Crippen molar-refractivity contribution in [2.75, 3.05) is 0 Å². The molecule has 0 atom stereocenters. The van der Waals surface area contributed by atoms with Crippen LogP contribution in [-0.2, 0) is 5.54 Å². The molecule has 0 spiro atoms. The number of hydrogen-bond acceptors (Lipinski definition) is 6. The molecule has 0 radical (unpaired) electrons. The highest BCUT2D eigenvalue weighted by Gasteiger charge is 2.50. The van der Waals surface area contributed by atoms with Gasteiger partial charge in [-0.05, 0) is 69.9 Å². The minimum Gasteiger partial charge on any atom is -0.465 e. The fourth-order valence-electron chi connectivity index (χ4n) is 6.37. The fraction of sp³-hybridized carbons (Fsp3) is 0.235. The van der Waals surface area contributed by atoms with Crippen LogP contribution in [0.15, 0.2) is 91.3 Å². The first kappa shape index (κ1) is 26.7. The molecule has 7 rings (SSSR count). The number of carbonyl (C=O) groups is 1. The number of benzene rings is 2. The third-order valence-electron chi connectivity index (χ3n) is 8.35. The Labute approximate surface area is 248 Å². The van der Waals surface area contributed by atoms with E-state index in [9.17, 15) is 9.90 Å². The molecule has 4 heterocycles. The summed E-state index contributed by atoms with van der Waals surface area (Å²) in [5.41, 5.74) is 6.16. The van der Waals surface area contributed by atoms with Crippen molar-refractivity contribution in [3.8, 4) is 33.9 Å². The predicted octanol–water partition coefficient (Wildman–Crippen LogP) is 7.23. The van der Waals surface area contributed by atoms with Gasteiger partial charge >= 0.3 is 6.09 Å². The van der Waals surface area contributed by atoms with Crippen molar-refractivity contribution in [3.63, 3.8) is 0 Å². The van der Waals surface area contributed by atoms with Crippen molar-refractivity contribution in [1.82, 2.24) is 34.4 Å². The van der Waals surface area contributed by atoms with Crippen LogP contribution in [0.25, 0.3) is 50.7 Å². The number of hydrogen-bond donors (Lipinski definition) is 1. The molecule has 1 fully saturated rings. The zero-order chi connectivity index (χ0) is 29.8. The molecule has 4 aromatic heterocycles. The van der Waals surface area contributed by atoms with E-state index in [1.807, 2.05) is 91.9 Å². The van der Waals surface area contributed by atoms with E-state index in [1.165, 1.54) is 0 Å². The van der Waals surface area contributed by atoms with Crippen LogP contribution in [0.5, 0.6) is 0 Å². The van der Waals surface area contributed by atoms with E-state index in [2.05, 4.69) is 27.3 Å². The van der Waals surface area contributed by atoms with Gasteiger partial charge in [0.1, 0.15) is 5.52 Å². The highest BCUT2D eigenvalue weighted by atomic mass is 16.4. The maximum absolute atomic E-state index is 12.5. The molecule has 1 aliphatic rings. The first-order chi connectivity index (χ1) is 20.8. The van der Waals surface area contributed by atoms with Crippen LogP contribution >= 0.6 is 0 Å². The molecule has 9 nitrogen and oxygen atoms in total. The number of pyridine rings is 2. The minimum absolute atomic E-state index is 0.536. The van der Waals surface area contributed by atoms with Crippen molar-refractivity contribution >= 4 is 22.9 Å². The number of rotatable bonds is 5. The lowest BCUT2D eigenvalue weighted by Gasteiger charge is -2.54. The largest absolute Gasteiger partial charge is 0.465 e. The third kappa shape index (κ3) is 4.39. The van der Waals surface area contributed by atoms with Gasteiger partial charge in [0.25, 0.3) is 0 Å². The zero-order valence-corrected chi connectivity index (χ0v) is 24.3. The summed E-state index contributed by atoms with van der Waals surface area (Å²) >= 11 is 0. The van der Waals surface area contributed by atoms with Crippen LogP contribution in [-0.4, -0.2) is 51.2 Å². The Kier molecular flexibility index (Phi) is 6.19. The summed E-state index contributed by atoms with van der Waals surface area (Å²) in [5.74, 6) is 0.661. The topological polar surface area (TPSA) is 109 Å². The average Bonchev–Trinajstić information content (AvgIpc) is 3.43. The number of nitrogens with zero attached hydrogens (tertiary/aromatic N) is 7. The summed E-state index contributed by atoms with van der Waals surface area (Å²) in [6, 6.07) is 25.8. The lowest BCUT2D eigenvalue weighted by Crippen LogP contribution is -2.60. The molecule has 0 unspecified atom stereocenters. The molecule has 0 aliphatic heterocycles. The van der Waals surface area contributed by atoms with Crippen LogP contribution in [0.2, 0.25) is 0 Å². The van der Waals surface area contributed by atoms with Gasteiger partial charge in [0.05, 0.1) is 16.9 Å². The van der Waals surface area contributed by atoms with Gasteiger partial charge in [0.2, 0.25) is 0 Å². The molecule has 2 aromatic carbocycles. The monoisotopic (exact) mass is 569 g/mol. The Bertz CT molecular complexity index is 1960. The van der Waals surface area contributed by atoms with E-state index >= 15 is 0 Å². The van der Waals surface area contributed by atoms with E-state index in [-0.39, 0.29) is 0 Å². The van der Waals surface area contributed by atoms with Crippen LogP contribution in [0.4, 0.5) is 4.79 Å².